The molecule has 3 aliphatic rings. The van der Waals surface area contributed by atoms with Gasteiger partial charge in [0.05, 0.1) is 15.4 Å². The van der Waals surface area contributed by atoms with Crippen molar-refractivity contribution in [3.05, 3.63) is 24.8 Å². The van der Waals surface area contributed by atoms with Crippen LogP contribution >= 0.6 is 45.2 Å². The zero-order valence-electron chi connectivity index (χ0n) is 15.3. The van der Waals surface area contributed by atoms with Crippen LogP contribution in [0.3, 0.4) is 0 Å². The molecule has 0 radical (unpaired) electrons. The number of rotatable bonds is 4. The van der Waals surface area contributed by atoms with Crippen molar-refractivity contribution < 1.29 is 37.4 Å². The molecular formula is C19H16F2I2O6. The van der Waals surface area contributed by atoms with E-state index in [-0.39, 0.29) is 5.92 Å². The van der Waals surface area contributed by atoms with E-state index in [0.29, 0.717) is 19.1 Å². The molecule has 0 N–H and O–H groups in total. The van der Waals surface area contributed by atoms with Crippen LogP contribution in [0, 0.1) is 37.7 Å². The van der Waals surface area contributed by atoms with Gasteiger partial charge in [-0.25, -0.2) is 4.79 Å². The number of carbonyl (C=O) groups is 3. The van der Waals surface area contributed by atoms with Gasteiger partial charge in [0.2, 0.25) is 0 Å². The SMILES string of the molecule is Cc1cc(I)cc(I)c1OC(=O)C1C2CC3C(OC(=O)C31)C2OC(=O)C(C)(F)F. The third kappa shape index (κ3) is 3.53. The standard InChI is InChI=1S/C19H16F2I2O6/c1-6-3-7(22)4-10(23)13(6)27-16(24)12-9-5-8-11(12)17(25)28-14(8)15(9)29-18(26)19(2,20)21/h3-4,8-9,11-12,14-15H,5H2,1-2H3. The second kappa shape index (κ2) is 7.27. The van der Waals surface area contributed by atoms with Gasteiger partial charge in [-0.2, -0.15) is 8.78 Å². The second-order valence-corrected chi connectivity index (χ2v) is 10.1. The average Bonchev–Trinajstić information content (AvgIpc) is 3.20. The van der Waals surface area contributed by atoms with Crippen molar-refractivity contribution in [2.24, 2.45) is 23.7 Å². The monoisotopic (exact) mass is 632 g/mol. The van der Waals surface area contributed by atoms with Crippen molar-refractivity contribution >= 4 is 63.1 Å². The van der Waals surface area contributed by atoms with Crippen LogP contribution in [0.5, 0.6) is 5.75 Å². The van der Waals surface area contributed by atoms with Crippen molar-refractivity contribution in [1.82, 2.24) is 0 Å². The molecule has 1 aromatic carbocycles. The molecule has 1 heterocycles. The fourth-order valence-electron chi connectivity index (χ4n) is 4.68. The minimum Gasteiger partial charge on any atom is -0.458 e. The van der Waals surface area contributed by atoms with Crippen LogP contribution in [0.25, 0.3) is 0 Å². The molecule has 3 fully saturated rings. The van der Waals surface area contributed by atoms with Gasteiger partial charge < -0.3 is 14.2 Å². The van der Waals surface area contributed by atoms with Crippen molar-refractivity contribution in [3.63, 3.8) is 0 Å². The summed E-state index contributed by atoms with van der Waals surface area (Å²) in [6.45, 7) is 2.25. The number of hydrogen-bond donors (Lipinski definition) is 0. The number of halogens is 4. The maximum Gasteiger partial charge on any atom is 0.377 e. The largest absolute Gasteiger partial charge is 0.458 e. The summed E-state index contributed by atoms with van der Waals surface area (Å²) in [6.07, 6.45) is -1.47. The molecular weight excluding hydrogens is 616 g/mol. The lowest BCUT2D eigenvalue weighted by Crippen LogP contribution is -2.46. The number of esters is 3. The summed E-state index contributed by atoms with van der Waals surface area (Å²) in [5.74, 6) is -8.70. The number of hydrogen-bond acceptors (Lipinski definition) is 6. The maximum atomic E-state index is 13.3. The summed E-state index contributed by atoms with van der Waals surface area (Å²) in [5.41, 5.74) is 0.762. The van der Waals surface area contributed by atoms with Gasteiger partial charge in [-0.15, -0.1) is 0 Å². The summed E-state index contributed by atoms with van der Waals surface area (Å²) in [4.78, 5) is 37.1. The van der Waals surface area contributed by atoms with Crippen molar-refractivity contribution in [3.8, 4) is 5.75 Å². The van der Waals surface area contributed by atoms with E-state index in [1.807, 2.05) is 19.1 Å². The van der Waals surface area contributed by atoms with E-state index in [1.165, 1.54) is 0 Å². The number of ether oxygens (including phenoxy) is 3. The average molecular weight is 632 g/mol. The van der Waals surface area contributed by atoms with E-state index >= 15 is 0 Å². The van der Waals surface area contributed by atoms with Crippen molar-refractivity contribution in [1.29, 1.82) is 0 Å². The number of aryl methyl sites for hydroxylation is 1. The first-order valence-corrected chi connectivity index (χ1v) is 11.1. The van der Waals surface area contributed by atoms with E-state index in [0.717, 1.165) is 12.7 Å². The summed E-state index contributed by atoms with van der Waals surface area (Å²) in [5, 5.41) is 0. The van der Waals surface area contributed by atoms with E-state index in [9.17, 15) is 23.2 Å². The van der Waals surface area contributed by atoms with Crippen LogP contribution in [0.2, 0.25) is 0 Å². The zero-order chi connectivity index (χ0) is 21.2. The first-order valence-electron chi connectivity index (χ1n) is 8.95. The Hall–Kier alpha value is -1.05. The molecule has 2 bridgehead atoms. The normalized spacial score (nSPS) is 32.3. The Labute approximate surface area is 192 Å². The summed E-state index contributed by atoms with van der Waals surface area (Å²) >= 11 is 4.22. The topological polar surface area (TPSA) is 78.9 Å². The summed E-state index contributed by atoms with van der Waals surface area (Å²) < 4.78 is 44.3. The minimum absolute atomic E-state index is 0.342. The molecule has 1 aromatic rings. The van der Waals surface area contributed by atoms with Crippen LogP contribution in [0.4, 0.5) is 8.78 Å². The van der Waals surface area contributed by atoms with E-state index in [1.54, 1.807) is 0 Å². The second-order valence-electron chi connectivity index (χ2n) is 7.73. The van der Waals surface area contributed by atoms with Crippen molar-refractivity contribution in [2.75, 3.05) is 0 Å². The van der Waals surface area contributed by atoms with Crippen LogP contribution in [-0.4, -0.2) is 36.0 Å². The number of fused-ring (bicyclic) bond motifs is 1. The van der Waals surface area contributed by atoms with E-state index in [2.05, 4.69) is 45.2 Å². The lowest BCUT2D eigenvalue weighted by Gasteiger charge is -2.30. The Morgan fingerprint density at radius 3 is 2.55 bits per heavy atom. The highest BCUT2D eigenvalue weighted by molar-refractivity contribution is 14.1. The predicted molar refractivity (Wildman–Crippen MR) is 111 cm³/mol. The lowest BCUT2D eigenvalue weighted by molar-refractivity contribution is -0.185. The molecule has 10 heteroatoms. The molecule has 6 atom stereocenters. The number of carbonyl (C=O) groups excluding carboxylic acids is 3. The molecule has 29 heavy (non-hydrogen) atoms. The molecule has 0 spiro atoms. The van der Waals surface area contributed by atoms with Gasteiger partial charge in [-0.1, -0.05) is 0 Å². The Bertz CT molecular complexity index is 891. The van der Waals surface area contributed by atoms with Crippen LogP contribution in [0.15, 0.2) is 12.1 Å². The van der Waals surface area contributed by atoms with Gasteiger partial charge in [-0.05, 0) is 76.2 Å². The Morgan fingerprint density at radius 2 is 1.93 bits per heavy atom. The molecule has 0 aromatic heterocycles. The van der Waals surface area contributed by atoms with Crippen LogP contribution in [0.1, 0.15) is 18.9 Å². The Kier molecular flexibility index (Phi) is 5.32. The van der Waals surface area contributed by atoms with Crippen LogP contribution < -0.4 is 4.74 Å². The molecule has 2 aliphatic carbocycles. The molecule has 2 saturated carbocycles. The molecule has 156 valence electrons. The fraction of sp³-hybridized carbons (Fsp3) is 0.526. The van der Waals surface area contributed by atoms with Gasteiger partial charge in [-0.3, -0.25) is 9.59 Å². The summed E-state index contributed by atoms with van der Waals surface area (Å²) in [6, 6.07) is 3.71. The quantitative estimate of drug-likeness (QED) is 0.288. The van der Waals surface area contributed by atoms with Crippen LogP contribution in [-0.2, 0) is 23.9 Å². The van der Waals surface area contributed by atoms with Gasteiger partial charge >= 0.3 is 23.8 Å². The highest BCUT2D eigenvalue weighted by atomic mass is 127. The van der Waals surface area contributed by atoms with Gasteiger partial charge in [0, 0.05) is 22.3 Å². The molecule has 6 unspecified atom stereocenters. The van der Waals surface area contributed by atoms with E-state index < -0.39 is 53.8 Å². The first-order chi connectivity index (χ1) is 13.5. The van der Waals surface area contributed by atoms with Gasteiger partial charge in [0.25, 0.3) is 0 Å². The number of alkyl halides is 2. The third-order valence-corrected chi connectivity index (χ3v) is 7.24. The first kappa shape index (κ1) is 21.2. The lowest BCUT2D eigenvalue weighted by atomic mass is 9.78. The highest BCUT2D eigenvalue weighted by Gasteiger charge is 2.70. The van der Waals surface area contributed by atoms with Gasteiger partial charge in [0.1, 0.15) is 18.0 Å². The summed E-state index contributed by atoms with van der Waals surface area (Å²) in [7, 11) is 0. The molecule has 1 aliphatic heterocycles. The maximum absolute atomic E-state index is 13.3. The smallest absolute Gasteiger partial charge is 0.377 e. The zero-order valence-corrected chi connectivity index (χ0v) is 19.6. The minimum atomic E-state index is -3.67. The highest BCUT2D eigenvalue weighted by Crippen LogP contribution is 2.59. The third-order valence-electron chi connectivity index (χ3n) is 5.82. The Balaban J connectivity index is 1.60. The predicted octanol–water partition coefficient (Wildman–Crippen LogP) is 3.48. The molecule has 4 rings (SSSR count). The van der Waals surface area contributed by atoms with Crippen molar-refractivity contribution in [2.45, 2.75) is 38.4 Å². The molecule has 0 amide bonds. The van der Waals surface area contributed by atoms with E-state index in [4.69, 9.17) is 14.2 Å². The Morgan fingerprint density at radius 1 is 1.24 bits per heavy atom. The van der Waals surface area contributed by atoms with Gasteiger partial charge in [0.15, 0.2) is 0 Å². The molecule has 1 saturated heterocycles. The molecule has 6 nitrogen and oxygen atoms in total. The number of benzene rings is 1. The fourth-order valence-corrected chi connectivity index (χ4v) is 6.93.